The highest BCUT2D eigenvalue weighted by Gasteiger charge is 2.29. The molecule has 8 heteroatoms. The van der Waals surface area contributed by atoms with E-state index in [1.807, 2.05) is 51.1 Å². The Kier molecular flexibility index (Phi) is 7.02. The van der Waals surface area contributed by atoms with E-state index in [0.29, 0.717) is 11.6 Å². The van der Waals surface area contributed by atoms with E-state index >= 15 is 0 Å². The molecule has 2 amide bonds. The van der Waals surface area contributed by atoms with Crippen molar-refractivity contribution in [2.45, 2.75) is 39.8 Å². The van der Waals surface area contributed by atoms with Crippen molar-refractivity contribution < 1.29 is 18.7 Å². The minimum Gasteiger partial charge on any atom is -0.451 e. The lowest BCUT2D eigenvalue weighted by Crippen LogP contribution is -2.47. The number of carbonyl (C=O) groups excluding carboxylic acids is 2. The van der Waals surface area contributed by atoms with Gasteiger partial charge in [0.05, 0.1) is 0 Å². The maximum atomic E-state index is 12.7. The number of benzene rings is 2. The third-order valence-electron chi connectivity index (χ3n) is 4.62. The van der Waals surface area contributed by atoms with Crippen molar-refractivity contribution in [3.05, 3.63) is 66.1 Å². The van der Waals surface area contributed by atoms with Crippen molar-refractivity contribution >= 4 is 17.7 Å². The summed E-state index contributed by atoms with van der Waals surface area (Å²) in [5.74, 6) is -0.244. The van der Waals surface area contributed by atoms with Gasteiger partial charge in [-0.05, 0) is 44.0 Å². The van der Waals surface area contributed by atoms with Crippen LogP contribution in [0.4, 0.5) is 10.5 Å². The van der Waals surface area contributed by atoms with Gasteiger partial charge in [0.25, 0.3) is 5.89 Å². The molecular formula is C23H26N4O4. The highest BCUT2D eigenvalue weighted by molar-refractivity contribution is 5.92. The van der Waals surface area contributed by atoms with Gasteiger partial charge in [0, 0.05) is 11.3 Å². The normalized spacial score (nSPS) is 12.8. The number of para-hydroxylation sites is 1. The molecular weight excluding hydrogens is 396 g/mol. The second-order valence-corrected chi connectivity index (χ2v) is 7.58. The quantitative estimate of drug-likeness (QED) is 0.543. The third-order valence-corrected chi connectivity index (χ3v) is 4.62. The molecule has 0 aliphatic rings. The summed E-state index contributed by atoms with van der Waals surface area (Å²) < 4.78 is 11.2. The number of anilines is 1. The number of aromatic nitrogens is 2. The van der Waals surface area contributed by atoms with Crippen LogP contribution in [-0.2, 0) is 9.53 Å². The zero-order valence-corrected chi connectivity index (χ0v) is 18.0. The van der Waals surface area contributed by atoms with Crippen LogP contribution in [0.5, 0.6) is 0 Å². The van der Waals surface area contributed by atoms with Gasteiger partial charge in [0.2, 0.25) is 5.89 Å². The summed E-state index contributed by atoms with van der Waals surface area (Å²) in [5.41, 5.74) is 2.52. The Morgan fingerprint density at radius 1 is 0.968 bits per heavy atom. The number of aryl methyl sites for hydroxylation is 1. The van der Waals surface area contributed by atoms with Gasteiger partial charge < -0.3 is 19.8 Å². The van der Waals surface area contributed by atoms with Crippen LogP contribution < -0.4 is 10.6 Å². The molecule has 3 rings (SSSR count). The minimum atomic E-state index is -0.842. The second kappa shape index (κ2) is 9.88. The number of hydrogen-bond acceptors (Lipinski definition) is 6. The zero-order chi connectivity index (χ0) is 22.4. The van der Waals surface area contributed by atoms with E-state index in [1.54, 1.807) is 31.2 Å². The molecule has 0 fully saturated rings. The van der Waals surface area contributed by atoms with Crippen molar-refractivity contribution in [1.29, 1.82) is 0 Å². The molecule has 0 saturated heterocycles. The Labute approximate surface area is 181 Å². The SMILES string of the molecule is Cc1ccc(-c2nnc([C@@H](C)OC(=O)[C@@H](NC(=O)Nc3ccccc3)C(C)C)o2)cc1. The van der Waals surface area contributed by atoms with Crippen LogP contribution in [0.3, 0.4) is 0 Å². The zero-order valence-electron chi connectivity index (χ0n) is 18.0. The predicted octanol–water partition coefficient (Wildman–Crippen LogP) is 4.50. The van der Waals surface area contributed by atoms with Gasteiger partial charge in [-0.15, -0.1) is 10.2 Å². The predicted molar refractivity (Wildman–Crippen MR) is 116 cm³/mol. The number of esters is 1. The van der Waals surface area contributed by atoms with E-state index in [9.17, 15) is 9.59 Å². The lowest BCUT2D eigenvalue weighted by Gasteiger charge is -2.22. The van der Waals surface area contributed by atoms with Crippen molar-refractivity contribution in [3.63, 3.8) is 0 Å². The van der Waals surface area contributed by atoms with E-state index in [0.717, 1.165) is 11.1 Å². The molecule has 0 bridgehead atoms. The van der Waals surface area contributed by atoms with E-state index in [1.165, 1.54) is 0 Å². The number of amides is 2. The van der Waals surface area contributed by atoms with Crippen LogP contribution in [0.25, 0.3) is 11.5 Å². The molecule has 162 valence electrons. The van der Waals surface area contributed by atoms with Crippen LogP contribution in [0, 0.1) is 12.8 Å². The smallest absolute Gasteiger partial charge is 0.329 e. The molecule has 2 atom stereocenters. The molecule has 0 aliphatic heterocycles. The standard InChI is InChI=1S/C23H26N4O4/c1-14(2)19(25-23(29)24-18-8-6-5-7-9-18)22(28)30-16(4)20-26-27-21(31-20)17-12-10-15(3)11-13-17/h5-14,16,19H,1-4H3,(H2,24,25,29)/t16-,19+/m1/s1. The summed E-state index contributed by atoms with van der Waals surface area (Å²) in [6.45, 7) is 7.28. The molecule has 2 aromatic carbocycles. The Morgan fingerprint density at radius 3 is 2.29 bits per heavy atom. The van der Waals surface area contributed by atoms with Crippen LogP contribution in [0.15, 0.2) is 59.0 Å². The van der Waals surface area contributed by atoms with Crippen molar-refractivity contribution in [3.8, 4) is 11.5 Å². The van der Waals surface area contributed by atoms with Crippen molar-refractivity contribution in [1.82, 2.24) is 15.5 Å². The molecule has 3 aromatic rings. The number of nitrogens with zero attached hydrogens (tertiary/aromatic N) is 2. The van der Waals surface area contributed by atoms with Crippen LogP contribution in [0.1, 0.15) is 38.3 Å². The second-order valence-electron chi connectivity index (χ2n) is 7.58. The first-order valence-corrected chi connectivity index (χ1v) is 10.1. The maximum absolute atomic E-state index is 12.7. The molecule has 1 aromatic heterocycles. The van der Waals surface area contributed by atoms with Crippen LogP contribution in [0.2, 0.25) is 0 Å². The number of urea groups is 1. The first-order valence-electron chi connectivity index (χ1n) is 10.1. The molecule has 8 nitrogen and oxygen atoms in total. The molecule has 2 N–H and O–H groups in total. The first-order chi connectivity index (χ1) is 14.8. The lowest BCUT2D eigenvalue weighted by molar-refractivity contribution is -0.153. The first kappa shape index (κ1) is 22.0. The van der Waals surface area contributed by atoms with Crippen LogP contribution in [-0.4, -0.2) is 28.2 Å². The summed E-state index contributed by atoms with van der Waals surface area (Å²) in [6.07, 6.45) is -0.764. The maximum Gasteiger partial charge on any atom is 0.329 e. The fourth-order valence-corrected chi connectivity index (χ4v) is 2.84. The molecule has 0 radical (unpaired) electrons. The number of nitrogens with one attached hydrogen (secondary N) is 2. The summed E-state index contributed by atoms with van der Waals surface area (Å²) >= 11 is 0. The van der Waals surface area contributed by atoms with E-state index in [-0.39, 0.29) is 11.8 Å². The number of hydrogen-bond donors (Lipinski definition) is 2. The molecule has 0 unspecified atom stereocenters. The van der Waals surface area contributed by atoms with Crippen molar-refractivity contribution in [2.75, 3.05) is 5.32 Å². The third kappa shape index (κ3) is 5.91. The summed E-state index contributed by atoms with van der Waals surface area (Å²) in [6, 6.07) is 15.3. The van der Waals surface area contributed by atoms with Gasteiger partial charge in [-0.3, -0.25) is 0 Å². The van der Waals surface area contributed by atoms with Crippen molar-refractivity contribution in [2.24, 2.45) is 5.92 Å². The van der Waals surface area contributed by atoms with E-state index < -0.39 is 24.1 Å². The number of carbonyl (C=O) groups is 2. The average Bonchev–Trinajstić information content (AvgIpc) is 3.23. The average molecular weight is 422 g/mol. The Morgan fingerprint density at radius 2 is 1.65 bits per heavy atom. The fourth-order valence-electron chi connectivity index (χ4n) is 2.84. The molecule has 0 aliphatic carbocycles. The largest absolute Gasteiger partial charge is 0.451 e. The molecule has 1 heterocycles. The van der Waals surface area contributed by atoms with Gasteiger partial charge in [-0.25, -0.2) is 9.59 Å². The molecule has 31 heavy (non-hydrogen) atoms. The summed E-state index contributed by atoms with van der Waals surface area (Å²) in [7, 11) is 0. The minimum absolute atomic E-state index is 0.181. The summed E-state index contributed by atoms with van der Waals surface area (Å²) in [5, 5.41) is 13.4. The van der Waals surface area contributed by atoms with Gasteiger partial charge in [-0.1, -0.05) is 49.7 Å². The molecule has 0 saturated carbocycles. The Hall–Kier alpha value is -3.68. The fraction of sp³-hybridized carbons (Fsp3) is 0.304. The number of rotatable bonds is 7. The van der Waals surface area contributed by atoms with Gasteiger partial charge in [0.15, 0.2) is 6.10 Å². The van der Waals surface area contributed by atoms with E-state index in [4.69, 9.17) is 9.15 Å². The van der Waals surface area contributed by atoms with Crippen LogP contribution >= 0.6 is 0 Å². The highest BCUT2D eigenvalue weighted by atomic mass is 16.6. The summed E-state index contributed by atoms with van der Waals surface area (Å²) in [4.78, 5) is 25.0. The van der Waals surface area contributed by atoms with Gasteiger partial charge in [-0.2, -0.15) is 0 Å². The Bertz CT molecular complexity index is 1020. The Balaban J connectivity index is 1.62. The number of ether oxygens (including phenoxy) is 1. The van der Waals surface area contributed by atoms with E-state index in [2.05, 4.69) is 20.8 Å². The highest BCUT2D eigenvalue weighted by Crippen LogP contribution is 2.23. The van der Waals surface area contributed by atoms with Gasteiger partial charge in [0.1, 0.15) is 6.04 Å². The monoisotopic (exact) mass is 422 g/mol. The van der Waals surface area contributed by atoms with Gasteiger partial charge >= 0.3 is 12.0 Å². The topological polar surface area (TPSA) is 106 Å². The molecule has 0 spiro atoms. The lowest BCUT2D eigenvalue weighted by atomic mass is 10.1.